The van der Waals surface area contributed by atoms with Gasteiger partial charge in [0.1, 0.15) is 24.8 Å². The van der Waals surface area contributed by atoms with Crippen LogP contribution in [0.5, 0.6) is 0 Å². The van der Waals surface area contributed by atoms with Crippen molar-refractivity contribution in [1.29, 1.82) is 0 Å². The maximum atomic E-state index is 15.3. The number of nitrogens with one attached hydrogen (secondary N) is 3. The number of pyridine rings is 2. The lowest BCUT2D eigenvalue weighted by Gasteiger charge is -2.31. The fourth-order valence-corrected chi connectivity index (χ4v) is 8.43. The minimum Gasteiger partial charge on any atom is -0.458 e. The van der Waals surface area contributed by atoms with Gasteiger partial charge in [-0.05, 0) is 60.9 Å². The van der Waals surface area contributed by atoms with Gasteiger partial charge >= 0.3 is 12.1 Å². The summed E-state index contributed by atoms with van der Waals surface area (Å²) >= 11 is 0. The van der Waals surface area contributed by atoms with E-state index in [4.69, 9.17) is 20.2 Å². The Morgan fingerprint density at radius 2 is 1.80 bits per heavy atom. The van der Waals surface area contributed by atoms with Crippen LogP contribution in [0.4, 0.5) is 9.18 Å². The number of fused-ring (bicyclic) bond motifs is 5. The van der Waals surface area contributed by atoms with E-state index < -0.39 is 52.9 Å². The van der Waals surface area contributed by atoms with Crippen LogP contribution in [0.25, 0.3) is 22.3 Å². The molecule has 2 aliphatic heterocycles. The molecule has 0 unspecified atom stereocenters. The third-order valence-electron chi connectivity index (χ3n) is 11.8. The molecular weight excluding hydrogens is 792 g/mol. The van der Waals surface area contributed by atoms with Crippen LogP contribution in [0.1, 0.15) is 90.4 Å². The Kier molecular flexibility index (Phi) is 12.4. The highest BCUT2D eigenvalue weighted by molar-refractivity contribution is 5.94. The Labute approximate surface area is 349 Å². The van der Waals surface area contributed by atoms with Crippen molar-refractivity contribution in [2.45, 2.75) is 96.1 Å². The van der Waals surface area contributed by atoms with Gasteiger partial charge in [0.2, 0.25) is 11.8 Å². The molecule has 0 saturated carbocycles. The van der Waals surface area contributed by atoms with Gasteiger partial charge in [-0.3, -0.25) is 24.0 Å². The third kappa shape index (κ3) is 8.52. The number of aliphatic hydroxyl groups is 1. The van der Waals surface area contributed by atoms with Crippen LogP contribution in [0.15, 0.2) is 47.3 Å². The van der Waals surface area contributed by atoms with Crippen molar-refractivity contribution in [1.82, 2.24) is 25.5 Å². The number of amides is 3. The van der Waals surface area contributed by atoms with E-state index in [2.05, 4.69) is 16.0 Å². The first kappa shape index (κ1) is 42.8. The van der Waals surface area contributed by atoms with Crippen LogP contribution >= 0.6 is 0 Å². The Bertz CT molecular complexity index is 2520. The number of alkyl carbamates (subject to hydrolysis) is 1. The first-order valence-electron chi connectivity index (χ1n) is 20.3. The standard InChI is InChI=1S/C44H47FN6O10/c1-3-44(59)29-18-34-40-27(21-51(34)41(56)28(29)22-61-42(44)57)39-31(11-10-26-23(2)30(45)19-33(49-40)38(26)39)50-43(58)60-16-15-47-36(54)14-12-35(53)32(17-24-7-5-4-6-8-24)48-37(55)13-9-25(52)20-46/h4-8,18-19,31-32,59H,3,9-17,20-22,46H2,1-2H3,(H,47,54)(H,48,55)(H,50,58)/t31-,32-,44-/m0/s1. The average Bonchev–Trinajstić information content (AvgIpc) is 3.63. The molecule has 0 spiro atoms. The van der Waals surface area contributed by atoms with E-state index in [9.17, 15) is 38.7 Å². The minimum atomic E-state index is -2.03. The molecule has 2 aromatic heterocycles. The van der Waals surface area contributed by atoms with Gasteiger partial charge in [0, 0.05) is 48.3 Å². The Hall–Kier alpha value is -6.33. The molecule has 0 bridgehead atoms. The zero-order valence-electron chi connectivity index (χ0n) is 33.9. The first-order valence-corrected chi connectivity index (χ1v) is 20.3. The van der Waals surface area contributed by atoms with E-state index >= 15 is 4.39 Å². The van der Waals surface area contributed by atoms with Gasteiger partial charge in [-0.15, -0.1) is 0 Å². The topological polar surface area (TPSA) is 238 Å². The number of ketones is 2. The van der Waals surface area contributed by atoms with Crippen molar-refractivity contribution in [2.24, 2.45) is 5.73 Å². The summed E-state index contributed by atoms with van der Waals surface area (Å²) in [5, 5.41) is 20.2. The van der Waals surface area contributed by atoms with Gasteiger partial charge < -0.3 is 40.8 Å². The fourth-order valence-electron chi connectivity index (χ4n) is 8.43. The number of halogens is 1. The third-order valence-corrected chi connectivity index (χ3v) is 11.8. The Morgan fingerprint density at radius 1 is 1.05 bits per heavy atom. The molecule has 1 aliphatic carbocycles. The van der Waals surface area contributed by atoms with Crippen LogP contribution < -0.4 is 27.2 Å². The Morgan fingerprint density at radius 3 is 2.54 bits per heavy atom. The number of ether oxygens (including phenoxy) is 2. The molecule has 4 aromatic rings. The van der Waals surface area contributed by atoms with Crippen LogP contribution in [0.2, 0.25) is 0 Å². The number of carbonyl (C=O) groups excluding carboxylic acids is 6. The number of aryl methyl sites for hydroxylation is 1. The van der Waals surface area contributed by atoms with Crippen molar-refractivity contribution in [3.63, 3.8) is 0 Å². The summed E-state index contributed by atoms with van der Waals surface area (Å²) in [5.41, 5.74) is 7.46. The van der Waals surface area contributed by atoms with Crippen LogP contribution in [-0.4, -0.2) is 75.8 Å². The lowest BCUT2D eigenvalue weighted by atomic mass is 9.81. The predicted molar refractivity (Wildman–Crippen MR) is 217 cm³/mol. The van der Waals surface area contributed by atoms with Gasteiger partial charge in [-0.2, -0.15) is 0 Å². The maximum Gasteiger partial charge on any atom is 0.407 e. The van der Waals surface area contributed by atoms with Crippen LogP contribution in [-0.2, 0) is 65.0 Å². The molecule has 3 aliphatic rings. The molecule has 6 N–H and O–H groups in total. The number of hydrogen-bond donors (Lipinski definition) is 5. The quantitative estimate of drug-likeness (QED) is 0.0713. The molecule has 2 aromatic carbocycles. The second-order valence-electron chi connectivity index (χ2n) is 15.6. The number of esters is 1. The first-order chi connectivity index (χ1) is 29.2. The molecule has 3 amide bonds. The molecule has 7 rings (SSSR count). The van der Waals surface area contributed by atoms with Gasteiger partial charge in [-0.25, -0.2) is 19.0 Å². The summed E-state index contributed by atoms with van der Waals surface area (Å²) in [6, 6.07) is 10.4. The summed E-state index contributed by atoms with van der Waals surface area (Å²) < 4.78 is 27.4. The van der Waals surface area contributed by atoms with Crippen molar-refractivity contribution in [2.75, 3.05) is 19.7 Å². The summed E-state index contributed by atoms with van der Waals surface area (Å²) in [6.45, 7) is 2.62. The molecule has 0 fully saturated rings. The molecule has 61 heavy (non-hydrogen) atoms. The molecule has 320 valence electrons. The van der Waals surface area contributed by atoms with Crippen molar-refractivity contribution < 1.29 is 47.7 Å². The summed E-state index contributed by atoms with van der Waals surface area (Å²) in [4.78, 5) is 94.7. The number of nitrogens with two attached hydrogens (primary N) is 1. The van der Waals surface area contributed by atoms with E-state index in [1.165, 1.54) is 10.6 Å². The number of Topliss-reactive ketones (excluding diaryl/α,β-unsaturated/α-hetero) is 2. The summed E-state index contributed by atoms with van der Waals surface area (Å²) in [6.07, 6.45) is -0.342. The summed E-state index contributed by atoms with van der Waals surface area (Å²) in [7, 11) is 0. The predicted octanol–water partition coefficient (Wildman–Crippen LogP) is 2.74. The number of carbonyl (C=O) groups is 6. The normalized spacial score (nSPS) is 17.7. The zero-order valence-corrected chi connectivity index (χ0v) is 33.9. The van der Waals surface area contributed by atoms with Crippen LogP contribution in [0.3, 0.4) is 0 Å². The average molecular weight is 839 g/mol. The van der Waals surface area contributed by atoms with E-state index in [0.717, 1.165) is 11.1 Å². The van der Waals surface area contributed by atoms with Gasteiger partial charge in [0.25, 0.3) is 5.56 Å². The lowest BCUT2D eigenvalue weighted by molar-refractivity contribution is -0.172. The molecule has 3 atom stereocenters. The number of aromatic nitrogens is 2. The molecule has 16 nitrogen and oxygen atoms in total. The number of cyclic esters (lactones) is 1. The van der Waals surface area contributed by atoms with Crippen LogP contribution in [0, 0.1) is 12.7 Å². The van der Waals surface area contributed by atoms with Gasteiger partial charge in [-0.1, -0.05) is 37.3 Å². The second kappa shape index (κ2) is 17.7. The molecule has 0 radical (unpaired) electrons. The highest BCUT2D eigenvalue weighted by atomic mass is 19.1. The van der Waals surface area contributed by atoms with E-state index in [0.29, 0.717) is 51.8 Å². The zero-order chi connectivity index (χ0) is 43.6. The Balaban J connectivity index is 1.00. The second-order valence-corrected chi connectivity index (χ2v) is 15.6. The highest BCUT2D eigenvalue weighted by Gasteiger charge is 2.46. The number of nitrogens with zero attached hydrogens (tertiary/aromatic N) is 2. The lowest BCUT2D eigenvalue weighted by Crippen LogP contribution is -2.44. The molecule has 4 heterocycles. The maximum absolute atomic E-state index is 15.3. The number of benzene rings is 2. The summed E-state index contributed by atoms with van der Waals surface area (Å²) in [5.74, 6) is -2.90. The van der Waals surface area contributed by atoms with E-state index in [1.807, 2.05) is 18.2 Å². The number of rotatable bonds is 16. The largest absolute Gasteiger partial charge is 0.458 e. The van der Waals surface area contributed by atoms with Crippen molar-refractivity contribution in [3.8, 4) is 11.4 Å². The smallest absolute Gasteiger partial charge is 0.407 e. The van der Waals surface area contributed by atoms with E-state index in [1.54, 1.807) is 32.0 Å². The van der Waals surface area contributed by atoms with Crippen molar-refractivity contribution >= 4 is 46.3 Å². The molecule has 17 heteroatoms. The highest BCUT2D eigenvalue weighted by Crippen LogP contribution is 2.46. The number of hydrogen-bond acceptors (Lipinski definition) is 12. The molecular formula is C44H47FN6O10. The minimum absolute atomic E-state index is 0.0329. The van der Waals surface area contributed by atoms with Gasteiger partial charge in [0.05, 0.1) is 54.2 Å². The SMILES string of the molecule is CC[C@@]1(O)C(=O)OCc2c1cc1n(c2=O)Cc2c-1nc1cc(F)c(C)c3c1c2[C@@H](NC(=O)OCCNC(=O)CCC(=O)[C@H](Cc1ccccc1)NC(=O)CCC(=O)CN)CC3. The monoisotopic (exact) mass is 838 g/mol. The fraction of sp³-hybridized carbons (Fsp3) is 0.409. The van der Waals surface area contributed by atoms with Crippen molar-refractivity contribution in [3.05, 3.63) is 97.6 Å². The van der Waals surface area contributed by atoms with E-state index in [-0.39, 0.29) is 94.1 Å². The molecule has 0 saturated heterocycles. The van der Waals surface area contributed by atoms with Gasteiger partial charge in [0.15, 0.2) is 11.4 Å².